The number of fused-ring (bicyclic) bond motifs is 1. The quantitative estimate of drug-likeness (QED) is 0.327. The van der Waals surface area contributed by atoms with E-state index in [2.05, 4.69) is 16.0 Å². The summed E-state index contributed by atoms with van der Waals surface area (Å²) in [6.07, 6.45) is -0.579. The van der Waals surface area contributed by atoms with Crippen molar-refractivity contribution < 1.29 is 28.6 Å². The number of aliphatic hydroxyl groups excluding tert-OH is 1. The first-order chi connectivity index (χ1) is 19.7. The number of halogens is 1. The number of urea groups is 2. The monoisotopic (exact) mass is 563 g/mol. The number of carbonyl (C=O) groups is 3. The maximum Gasteiger partial charge on any atom is 0.323 e. The van der Waals surface area contributed by atoms with Gasteiger partial charge in [-0.1, -0.05) is 31.2 Å². The van der Waals surface area contributed by atoms with Gasteiger partial charge in [-0.25, -0.2) is 14.0 Å². The van der Waals surface area contributed by atoms with Crippen LogP contribution >= 0.6 is 0 Å². The zero-order valence-corrected chi connectivity index (χ0v) is 23.1. The molecule has 41 heavy (non-hydrogen) atoms. The molecule has 1 aliphatic heterocycles. The number of aliphatic hydroxyl groups is 1. The normalized spacial score (nSPS) is 17.3. The number of likely N-dealkylation sites (N-methyl/N-ethyl adjacent to an activating group) is 1. The number of rotatable bonds is 7. The Morgan fingerprint density at radius 3 is 2.39 bits per heavy atom. The lowest BCUT2D eigenvalue weighted by Gasteiger charge is -2.38. The Labute approximate surface area is 238 Å². The highest BCUT2D eigenvalue weighted by Crippen LogP contribution is 2.35. The van der Waals surface area contributed by atoms with Gasteiger partial charge in [0.2, 0.25) is 0 Å². The molecule has 4 N–H and O–H groups in total. The second kappa shape index (κ2) is 13.1. The Kier molecular flexibility index (Phi) is 9.41. The zero-order valence-electron chi connectivity index (χ0n) is 23.1. The van der Waals surface area contributed by atoms with E-state index >= 15 is 0 Å². The molecule has 1 heterocycles. The van der Waals surface area contributed by atoms with Crippen molar-refractivity contribution in [2.24, 2.45) is 5.92 Å². The maximum atomic E-state index is 13.6. The summed E-state index contributed by atoms with van der Waals surface area (Å²) >= 11 is 0. The molecule has 4 rings (SSSR count). The molecule has 0 aliphatic carbocycles. The van der Waals surface area contributed by atoms with Crippen molar-refractivity contribution in [3.05, 3.63) is 84.2 Å². The molecular weight excluding hydrogens is 529 g/mol. The van der Waals surface area contributed by atoms with Gasteiger partial charge in [-0.15, -0.1) is 0 Å². The highest BCUT2D eigenvalue weighted by Gasteiger charge is 2.35. The van der Waals surface area contributed by atoms with Gasteiger partial charge in [0.05, 0.1) is 30.4 Å². The van der Waals surface area contributed by atoms with Gasteiger partial charge in [0.25, 0.3) is 5.91 Å². The molecule has 216 valence electrons. The van der Waals surface area contributed by atoms with Crippen LogP contribution in [-0.4, -0.2) is 71.8 Å². The first kappa shape index (κ1) is 29.3. The van der Waals surface area contributed by atoms with E-state index in [1.807, 2.05) is 25.1 Å². The van der Waals surface area contributed by atoms with Crippen molar-refractivity contribution in [3.63, 3.8) is 0 Å². The minimum atomic E-state index is -0.618. The zero-order chi connectivity index (χ0) is 29.5. The Hall–Kier alpha value is -4.64. The largest absolute Gasteiger partial charge is 0.485 e. The fraction of sp³-hybridized carbons (Fsp3) is 0.300. The van der Waals surface area contributed by atoms with Gasteiger partial charge in [0.1, 0.15) is 11.9 Å². The van der Waals surface area contributed by atoms with E-state index < -0.39 is 24.0 Å². The third kappa shape index (κ3) is 7.31. The predicted molar refractivity (Wildman–Crippen MR) is 155 cm³/mol. The van der Waals surface area contributed by atoms with E-state index in [-0.39, 0.29) is 54.6 Å². The van der Waals surface area contributed by atoms with Crippen LogP contribution in [0.15, 0.2) is 72.8 Å². The fourth-order valence-corrected chi connectivity index (χ4v) is 4.47. The van der Waals surface area contributed by atoms with Crippen LogP contribution in [0, 0.1) is 11.7 Å². The van der Waals surface area contributed by atoms with Crippen molar-refractivity contribution in [1.29, 1.82) is 0 Å². The number of benzene rings is 3. The number of nitrogens with zero attached hydrogens (tertiary/aromatic N) is 2. The summed E-state index contributed by atoms with van der Waals surface area (Å²) < 4.78 is 19.7. The molecule has 0 saturated heterocycles. The Morgan fingerprint density at radius 2 is 1.71 bits per heavy atom. The van der Waals surface area contributed by atoms with Crippen LogP contribution in [0.2, 0.25) is 0 Å². The summed E-state index contributed by atoms with van der Waals surface area (Å²) in [5, 5.41) is 18.1. The molecule has 10 nitrogen and oxygen atoms in total. The first-order valence-corrected chi connectivity index (χ1v) is 13.3. The summed E-state index contributed by atoms with van der Waals surface area (Å²) in [5.41, 5.74) is 1.47. The minimum Gasteiger partial charge on any atom is -0.485 e. The molecule has 0 bridgehead atoms. The molecule has 0 spiro atoms. The molecule has 3 atom stereocenters. The fourth-order valence-electron chi connectivity index (χ4n) is 4.47. The lowest BCUT2D eigenvalue weighted by atomic mass is 9.99. The average Bonchev–Trinajstić information content (AvgIpc) is 2.96. The summed E-state index contributed by atoms with van der Waals surface area (Å²) in [4.78, 5) is 42.5. The summed E-state index contributed by atoms with van der Waals surface area (Å²) in [5.74, 6) is -0.898. The second-order valence-electron chi connectivity index (χ2n) is 10.1. The number of hydrogen-bond donors (Lipinski definition) is 4. The predicted octanol–water partition coefficient (Wildman–Crippen LogP) is 4.85. The van der Waals surface area contributed by atoms with Crippen LogP contribution in [0.4, 0.5) is 31.0 Å². The van der Waals surface area contributed by atoms with E-state index in [1.54, 1.807) is 49.2 Å². The topological polar surface area (TPSA) is 123 Å². The number of para-hydroxylation sites is 2. The van der Waals surface area contributed by atoms with Gasteiger partial charge in [0, 0.05) is 30.9 Å². The van der Waals surface area contributed by atoms with Crippen molar-refractivity contribution in [2.75, 3.05) is 42.7 Å². The van der Waals surface area contributed by atoms with Gasteiger partial charge < -0.3 is 35.6 Å². The van der Waals surface area contributed by atoms with Crippen molar-refractivity contribution in [3.8, 4) is 5.75 Å². The van der Waals surface area contributed by atoms with Crippen molar-refractivity contribution >= 4 is 35.0 Å². The Morgan fingerprint density at radius 1 is 1.02 bits per heavy atom. The number of nitrogens with one attached hydrogen (secondary N) is 3. The van der Waals surface area contributed by atoms with Gasteiger partial charge in [-0.05, 0) is 55.5 Å². The molecule has 11 heteroatoms. The SMILES string of the molecule is C[C@H](CO)N1C[C@H](C)[C@@H](CN(C)C(=O)Nc2ccccc2)Oc2c(NC(=O)Nc3ccc(F)cc3)cccc2C1=O. The van der Waals surface area contributed by atoms with Gasteiger partial charge >= 0.3 is 12.1 Å². The number of hydrogen-bond acceptors (Lipinski definition) is 5. The molecule has 0 unspecified atom stereocenters. The van der Waals surface area contributed by atoms with Crippen LogP contribution < -0.4 is 20.7 Å². The average molecular weight is 564 g/mol. The molecule has 1 aliphatic rings. The molecule has 3 aromatic rings. The number of anilines is 3. The molecule has 3 aromatic carbocycles. The second-order valence-corrected chi connectivity index (χ2v) is 10.1. The standard InChI is InChI=1S/C30H34FN5O5/c1-19-16-36(20(2)18-37)28(38)24-10-7-11-25(34-29(39)32-23-14-12-21(31)13-15-23)27(24)41-26(19)17-35(3)30(40)33-22-8-5-4-6-9-22/h4-15,19-20,26,37H,16-18H2,1-3H3,(H,33,40)(H2,32,34,39)/t19-,20+,26+/m0/s1. The van der Waals surface area contributed by atoms with E-state index in [0.29, 0.717) is 11.4 Å². The molecule has 0 aromatic heterocycles. The first-order valence-electron chi connectivity index (χ1n) is 13.3. The van der Waals surface area contributed by atoms with Crippen LogP contribution in [0.3, 0.4) is 0 Å². The molecule has 0 saturated carbocycles. The summed E-state index contributed by atoms with van der Waals surface area (Å²) in [7, 11) is 1.65. The Bertz CT molecular complexity index is 1370. The van der Waals surface area contributed by atoms with Crippen LogP contribution in [0.5, 0.6) is 5.75 Å². The number of carbonyl (C=O) groups excluding carboxylic acids is 3. The Balaban J connectivity index is 1.61. The van der Waals surface area contributed by atoms with Gasteiger partial charge in [-0.2, -0.15) is 0 Å². The van der Waals surface area contributed by atoms with Gasteiger partial charge in [0.15, 0.2) is 5.75 Å². The summed E-state index contributed by atoms with van der Waals surface area (Å²) in [6, 6.07) is 17.7. The van der Waals surface area contributed by atoms with Crippen molar-refractivity contribution in [1.82, 2.24) is 9.80 Å². The lowest BCUT2D eigenvalue weighted by Crippen LogP contribution is -2.50. The van der Waals surface area contributed by atoms with Crippen LogP contribution in [0.1, 0.15) is 24.2 Å². The lowest BCUT2D eigenvalue weighted by molar-refractivity contribution is 0.0373. The minimum absolute atomic E-state index is 0.148. The number of amides is 5. The molecule has 0 fully saturated rings. The highest BCUT2D eigenvalue weighted by atomic mass is 19.1. The van der Waals surface area contributed by atoms with E-state index in [4.69, 9.17) is 4.74 Å². The number of ether oxygens (including phenoxy) is 1. The molecular formula is C30H34FN5O5. The molecule has 5 amide bonds. The highest BCUT2D eigenvalue weighted by molar-refractivity contribution is 6.04. The van der Waals surface area contributed by atoms with E-state index in [0.717, 1.165) is 0 Å². The van der Waals surface area contributed by atoms with Crippen molar-refractivity contribution in [2.45, 2.75) is 26.0 Å². The summed E-state index contributed by atoms with van der Waals surface area (Å²) in [6.45, 7) is 3.86. The third-order valence-corrected chi connectivity index (χ3v) is 6.87. The van der Waals surface area contributed by atoms with Crippen LogP contribution in [0.25, 0.3) is 0 Å². The van der Waals surface area contributed by atoms with E-state index in [1.165, 1.54) is 29.2 Å². The maximum absolute atomic E-state index is 13.6. The molecule has 0 radical (unpaired) electrons. The van der Waals surface area contributed by atoms with Gasteiger partial charge in [-0.3, -0.25) is 4.79 Å². The third-order valence-electron chi connectivity index (χ3n) is 6.87. The van der Waals surface area contributed by atoms with E-state index in [9.17, 15) is 23.9 Å². The smallest absolute Gasteiger partial charge is 0.323 e. The van der Waals surface area contributed by atoms with Crippen LogP contribution in [-0.2, 0) is 0 Å².